The third-order valence-electron chi connectivity index (χ3n) is 3.00. The lowest BCUT2D eigenvalue weighted by atomic mass is 10.0. The SMILES string of the molecule is COc1ccc(Br)cc1C(Cl)c1ccc(C(F)(F)F)cc1. The molecule has 0 aromatic heterocycles. The van der Waals surface area contributed by atoms with Crippen LogP contribution in [0.2, 0.25) is 0 Å². The first-order valence-corrected chi connectivity index (χ1v) is 7.20. The van der Waals surface area contributed by atoms with Gasteiger partial charge >= 0.3 is 6.18 Å². The molecule has 0 fully saturated rings. The molecule has 2 rings (SSSR count). The zero-order valence-corrected chi connectivity index (χ0v) is 13.3. The van der Waals surface area contributed by atoms with Gasteiger partial charge in [-0.3, -0.25) is 0 Å². The molecule has 0 saturated heterocycles. The van der Waals surface area contributed by atoms with Crippen LogP contribution >= 0.6 is 27.5 Å². The lowest BCUT2D eigenvalue weighted by Crippen LogP contribution is -2.05. The molecule has 112 valence electrons. The van der Waals surface area contributed by atoms with E-state index in [9.17, 15) is 13.2 Å². The molecule has 0 radical (unpaired) electrons. The molecule has 0 spiro atoms. The number of ether oxygens (including phenoxy) is 1. The van der Waals surface area contributed by atoms with Crippen molar-refractivity contribution >= 4 is 27.5 Å². The summed E-state index contributed by atoms with van der Waals surface area (Å²) in [5.74, 6) is 0.582. The van der Waals surface area contributed by atoms with Crippen LogP contribution in [-0.4, -0.2) is 7.11 Å². The van der Waals surface area contributed by atoms with Gasteiger partial charge in [0.15, 0.2) is 0 Å². The van der Waals surface area contributed by atoms with Gasteiger partial charge in [-0.25, -0.2) is 0 Å². The molecule has 2 aromatic carbocycles. The lowest BCUT2D eigenvalue weighted by molar-refractivity contribution is -0.137. The Hall–Kier alpha value is -1.20. The molecule has 6 heteroatoms. The van der Waals surface area contributed by atoms with Crippen LogP contribution in [0.15, 0.2) is 46.9 Å². The van der Waals surface area contributed by atoms with Crippen LogP contribution in [0.1, 0.15) is 22.1 Å². The van der Waals surface area contributed by atoms with Crippen molar-refractivity contribution in [1.29, 1.82) is 0 Å². The van der Waals surface area contributed by atoms with Gasteiger partial charge in [-0.05, 0) is 35.9 Å². The van der Waals surface area contributed by atoms with E-state index >= 15 is 0 Å². The van der Waals surface area contributed by atoms with Crippen LogP contribution < -0.4 is 4.74 Å². The first-order valence-electron chi connectivity index (χ1n) is 5.97. The second-order valence-corrected chi connectivity index (χ2v) is 5.72. The van der Waals surface area contributed by atoms with E-state index in [2.05, 4.69) is 15.9 Å². The Bertz CT molecular complexity index is 626. The van der Waals surface area contributed by atoms with Gasteiger partial charge in [0.05, 0.1) is 18.1 Å². The molecule has 1 unspecified atom stereocenters. The Morgan fingerprint density at radius 3 is 2.24 bits per heavy atom. The maximum atomic E-state index is 12.6. The summed E-state index contributed by atoms with van der Waals surface area (Å²) in [7, 11) is 1.52. The number of alkyl halides is 4. The van der Waals surface area contributed by atoms with Gasteiger partial charge in [0, 0.05) is 10.0 Å². The summed E-state index contributed by atoms with van der Waals surface area (Å²) in [6.07, 6.45) is -4.35. The molecule has 0 aliphatic rings. The van der Waals surface area contributed by atoms with Gasteiger partial charge in [-0.1, -0.05) is 28.1 Å². The van der Waals surface area contributed by atoms with E-state index in [1.54, 1.807) is 18.2 Å². The van der Waals surface area contributed by atoms with E-state index in [4.69, 9.17) is 16.3 Å². The fraction of sp³-hybridized carbons (Fsp3) is 0.200. The molecule has 1 atom stereocenters. The van der Waals surface area contributed by atoms with Gasteiger partial charge in [-0.2, -0.15) is 13.2 Å². The molecular weight excluding hydrogens is 369 g/mol. The number of hydrogen-bond acceptors (Lipinski definition) is 1. The zero-order chi connectivity index (χ0) is 15.6. The molecule has 0 aliphatic heterocycles. The summed E-state index contributed by atoms with van der Waals surface area (Å²) < 4.78 is 43.7. The van der Waals surface area contributed by atoms with E-state index in [-0.39, 0.29) is 0 Å². The molecule has 0 heterocycles. The van der Waals surface area contributed by atoms with Crippen molar-refractivity contribution in [3.05, 3.63) is 63.6 Å². The molecule has 21 heavy (non-hydrogen) atoms. The smallest absolute Gasteiger partial charge is 0.416 e. The van der Waals surface area contributed by atoms with Crippen molar-refractivity contribution in [2.45, 2.75) is 11.6 Å². The van der Waals surface area contributed by atoms with Gasteiger partial charge in [0.25, 0.3) is 0 Å². The summed E-state index contributed by atoms with van der Waals surface area (Å²) in [4.78, 5) is 0. The van der Waals surface area contributed by atoms with E-state index < -0.39 is 17.1 Å². The van der Waals surface area contributed by atoms with Crippen molar-refractivity contribution in [2.75, 3.05) is 7.11 Å². The highest BCUT2D eigenvalue weighted by Crippen LogP contribution is 2.38. The topological polar surface area (TPSA) is 9.23 Å². The van der Waals surface area contributed by atoms with E-state index in [0.29, 0.717) is 16.9 Å². The first kappa shape index (κ1) is 16.2. The number of hydrogen-bond donors (Lipinski definition) is 0. The molecule has 1 nitrogen and oxygen atoms in total. The van der Waals surface area contributed by atoms with Crippen molar-refractivity contribution < 1.29 is 17.9 Å². The summed E-state index contributed by atoms with van der Waals surface area (Å²) in [5.41, 5.74) is 0.561. The number of methoxy groups -OCH3 is 1. The Balaban J connectivity index is 2.36. The average Bonchev–Trinajstić information content (AvgIpc) is 2.45. The van der Waals surface area contributed by atoms with E-state index in [0.717, 1.165) is 16.6 Å². The fourth-order valence-electron chi connectivity index (χ4n) is 1.92. The van der Waals surface area contributed by atoms with Crippen LogP contribution in [0.4, 0.5) is 13.2 Å². The third-order valence-corrected chi connectivity index (χ3v) is 3.98. The zero-order valence-electron chi connectivity index (χ0n) is 10.9. The molecule has 2 aromatic rings. The Morgan fingerprint density at radius 2 is 1.71 bits per heavy atom. The van der Waals surface area contributed by atoms with Gasteiger partial charge in [0.2, 0.25) is 0 Å². The summed E-state index contributed by atoms with van der Waals surface area (Å²) in [5, 5.41) is -0.597. The highest BCUT2D eigenvalue weighted by atomic mass is 79.9. The van der Waals surface area contributed by atoms with Gasteiger partial charge in [-0.15, -0.1) is 11.6 Å². The van der Waals surface area contributed by atoms with Crippen LogP contribution in [0.5, 0.6) is 5.75 Å². The third kappa shape index (κ3) is 3.71. The second-order valence-electron chi connectivity index (χ2n) is 4.37. The lowest BCUT2D eigenvalue weighted by Gasteiger charge is -2.15. The fourth-order valence-corrected chi connectivity index (χ4v) is 2.62. The Morgan fingerprint density at radius 1 is 1.10 bits per heavy atom. The second kappa shape index (κ2) is 6.28. The summed E-state index contributed by atoms with van der Waals surface area (Å²) in [6.45, 7) is 0. The Labute approximate surface area is 133 Å². The van der Waals surface area contributed by atoms with Crippen molar-refractivity contribution in [3.63, 3.8) is 0 Å². The highest BCUT2D eigenvalue weighted by molar-refractivity contribution is 9.10. The quantitative estimate of drug-likeness (QED) is 0.612. The number of benzene rings is 2. The minimum atomic E-state index is -4.35. The predicted octanol–water partition coefficient (Wildman–Crippen LogP) is 5.80. The number of halogens is 5. The van der Waals surface area contributed by atoms with Crippen LogP contribution in [-0.2, 0) is 6.18 Å². The van der Waals surface area contributed by atoms with Crippen molar-refractivity contribution in [3.8, 4) is 5.75 Å². The molecule has 0 saturated carbocycles. The molecular formula is C15H11BrClF3O. The summed E-state index contributed by atoms with van der Waals surface area (Å²) >= 11 is 9.71. The maximum absolute atomic E-state index is 12.6. The predicted molar refractivity (Wildman–Crippen MR) is 79.8 cm³/mol. The maximum Gasteiger partial charge on any atom is 0.416 e. The van der Waals surface area contributed by atoms with Crippen LogP contribution in [0, 0.1) is 0 Å². The number of rotatable bonds is 3. The van der Waals surface area contributed by atoms with E-state index in [1.165, 1.54) is 19.2 Å². The van der Waals surface area contributed by atoms with Crippen molar-refractivity contribution in [2.24, 2.45) is 0 Å². The molecule has 0 bridgehead atoms. The largest absolute Gasteiger partial charge is 0.496 e. The van der Waals surface area contributed by atoms with Gasteiger partial charge in [0.1, 0.15) is 5.75 Å². The van der Waals surface area contributed by atoms with E-state index in [1.807, 2.05) is 0 Å². The minimum Gasteiger partial charge on any atom is -0.496 e. The normalized spacial score (nSPS) is 13.0. The van der Waals surface area contributed by atoms with Crippen LogP contribution in [0.3, 0.4) is 0 Å². The van der Waals surface area contributed by atoms with Gasteiger partial charge < -0.3 is 4.74 Å². The molecule has 0 aliphatic carbocycles. The van der Waals surface area contributed by atoms with Crippen LogP contribution in [0.25, 0.3) is 0 Å². The Kier molecular flexibility index (Phi) is 4.84. The molecule has 0 N–H and O–H groups in total. The summed E-state index contributed by atoms with van der Waals surface area (Å²) in [6, 6.07) is 10.1. The molecule has 0 amide bonds. The first-order chi connectivity index (χ1) is 9.82. The monoisotopic (exact) mass is 378 g/mol. The van der Waals surface area contributed by atoms with Crippen molar-refractivity contribution in [1.82, 2.24) is 0 Å². The minimum absolute atomic E-state index is 0.570. The highest BCUT2D eigenvalue weighted by Gasteiger charge is 2.30. The average molecular weight is 380 g/mol. The standard InChI is InChI=1S/C15H11BrClF3O/c1-21-13-7-6-11(16)8-12(13)14(17)9-2-4-10(5-3-9)15(18,19)20/h2-8,14H,1H3.